The monoisotopic (exact) mass is 509 g/mol. The van der Waals surface area contributed by atoms with Crippen molar-refractivity contribution in [2.24, 2.45) is 5.92 Å². The van der Waals surface area contributed by atoms with Crippen molar-refractivity contribution in [3.8, 4) is 0 Å². The molecule has 1 unspecified atom stereocenters. The molecule has 0 aliphatic carbocycles. The molecule has 1 aliphatic heterocycles. The molecule has 1 atom stereocenters. The third-order valence-electron chi connectivity index (χ3n) is 5.70. The Morgan fingerprint density at radius 3 is 2.29 bits per heavy atom. The Morgan fingerprint density at radius 2 is 1.69 bits per heavy atom. The van der Waals surface area contributed by atoms with Crippen molar-refractivity contribution in [2.45, 2.75) is 25.6 Å². The molecule has 1 fully saturated rings. The van der Waals surface area contributed by atoms with Crippen LogP contribution in [0.3, 0.4) is 0 Å². The van der Waals surface area contributed by atoms with Crippen LogP contribution in [-0.2, 0) is 34.0 Å². The molecule has 11 heteroatoms. The van der Waals surface area contributed by atoms with Gasteiger partial charge < -0.3 is 10.2 Å². The van der Waals surface area contributed by atoms with Gasteiger partial charge >= 0.3 is 6.18 Å². The lowest BCUT2D eigenvalue weighted by Gasteiger charge is -2.17. The van der Waals surface area contributed by atoms with Crippen LogP contribution in [0.5, 0.6) is 0 Å². The number of nitrogens with zero attached hydrogens (tertiary/aromatic N) is 1. The van der Waals surface area contributed by atoms with Gasteiger partial charge in [-0.25, -0.2) is 13.1 Å². The number of hydrogen-bond acceptors (Lipinski definition) is 4. The number of carbonyl (C=O) groups is 2. The van der Waals surface area contributed by atoms with Crippen LogP contribution in [0, 0.1) is 5.92 Å². The number of carbonyl (C=O) groups excluding carboxylic acids is 2. The highest BCUT2D eigenvalue weighted by atomic mass is 32.2. The topological polar surface area (TPSA) is 95.6 Å². The molecule has 0 aromatic heterocycles. The highest BCUT2D eigenvalue weighted by Crippen LogP contribution is 2.29. The maximum absolute atomic E-state index is 12.8. The van der Waals surface area contributed by atoms with Crippen molar-refractivity contribution in [1.29, 1.82) is 0 Å². The molecule has 7 nitrogen and oxygen atoms in total. The highest BCUT2D eigenvalue weighted by molar-refractivity contribution is 7.92. The van der Waals surface area contributed by atoms with Crippen LogP contribution in [0.15, 0.2) is 60.5 Å². The molecular formula is C24H26F3N3O4S. The summed E-state index contributed by atoms with van der Waals surface area (Å²) in [6.45, 7) is 4.54. The molecule has 0 radical (unpaired) electrons. The molecule has 3 rings (SSSR count). The number of amides is 2. The smallest absolute Gasteiger partial charge is 0.352 e. The van der Waals surface area contributed by atoms with E-state index in [-0.39, 0.29) is 37.2 Å². The van der Waals surface area contributed by atoms with Crippen molar-refractivity contribution in [3.63, 3.8) is 0 Å². The van der Waals surface area contributed by atoms with Gasteiger partial charge in [-0.3, -0.25) is 9.59 Å². The Labute approximate surface area is 202 Å². The zero-order chi connectivity index (χ0) is 25.6. The summed E-state index contributed by atoms with van der Waals surface area (Å²) in [6, 6.07) is 11.2. The average molecular weight is 510 g/mol. The van der Waals surface area contributed by atoms with Gasteiger partial charge in [-0.15, -0.1) is 0 Å². The normalized spacial score (nSPS) is 16.2. The molecule has 2 amide bonds. The van der Waals surface area contributed by atoms with Crippen LogP contribution < -0.4 is 10.0 Å². The van der Waals surface area contributed by atoms with Gasteiger partial charge in [-0.1, -0.05) is 30.8 Å². The molecular weight excluding hydrogens is 483 g/mol. The van der Waals surface area contributed by atoms with Gasteiger partial charge in [-0.05, 0) is 47.7 Å². The van der Waals surface area contributed by atoms with Crippen LogP contribution in [0.2, 0.25) is 0 Å². The number of rotatable bonds is 9. The molecule has 1 aliphatic rings. The largest absolute Gasteiger partial charge is 0.416 e. The quantitative estimate of drug-likeness (QED) is 0.543. The van der Waals surface area contributed by atoms with Crippen molar-refractivity contribution in [2.75, 3.05) is 19.6 Å². The fourth-order valence-corrected chi connectivity index (χ4v) is 4.27. The van der Waals surface area contributed by atoms with Crippen LogP contribution in [-0.4, -0.2) is 44.8 Å². The maximum atomic E-state index is 12.8. The second-order valence-electron chi connectivity index (χ2n) is 8.31. The van der Waals surface area contributed by atoms with E-state index in [4.69, 9.17) is 0 Å². The van der Waals surface area contributed by atoms with Crippen LogP contribution in [0.1, 0.15) is 33.5 Å². The first-order chi connectivity index (χ1) is 16.5. The first-order valence-electron chi connectivity index (χ1n) is 10.9. The van der Waals surface area contributed by atoms with Crippen LogP contribution in [0.4, 0.5) is 13.2 Å². The summed E-state index contributed by atoms with van der Waals surface area (Å²) >= 11 is 0. The van der Waals surface area contributed by atoms with E-state index < -0.39 is 21.8 Å². The minimum absolute atomic E-state index is 0.0151. The lowest BCUT2D eigenvalue weighted by Crippen LogP contribution is -2.32. The van der Waals surface area contributed by atoms with E-state index >= 15 is 0 Å². The number of likely N-dealkylation sites (tertiary alicyclic amines) is 1. The summed E-state index contributed by atoms with van der Waals surface area (Å²) in [5.41, 5.74) is 0.952. The molecule has 188 valence electrons. The summed E-state index contributed by atoms with van der Waals surface area (Å²) in [7, 11) is -3.50. The minimum atomic E-state index is -4.41. The fraction of sp³-hybridized carbons (Fsp3) is 0.333. The van der Waals surface area contributed by atoms with Gasteiger partial charge in [0.25, 0.3) is 5.91 Å². The van der Waals surface area contributed by atoms with E-state index in [2.05, 4.69) is 16.6 Å². The van der Waals surface area contributed by atoms with Crippen LogP contribution >= 0.6 is 0 Å². The molecule has 1 heterocycles. The molecule has 0 bridgehead atoms. The summed E-state index contributed by atoms with van der Waals surface area (Å²) < 4.78 is 63.3. The van der Waals surface area contributed by atoms with Crippen LogP contribution in [0.25, 0.3) is 0 Å². The number of nitrogens with one attached hydrogen (secondary N) is 2. The molecule has 2 N–H and O–H groups in total. The van der Waals surface area contributed by atoms with Gasteiger partial charge in [0.15, 0.2) is 0 Å². The van der Waals surface area contributed by atoms with E-state index in [1.54, 1.807) is 29.2 Å². The number of hydrogen-bond donors (Lipinski definition) is 2. The summed E-state index contributed by atoms with van der Waals surface area (Å²) in [4.78, 5) is 26.6. The summed E-state index contributed by atoms with van der Waals surface area (Å²) in [5, 5.41) is 3.52. The van der Waals surface area contributed by atoms with Gasteiger partial charge in [0.2, 0.25) is 15.9 Å². The molecule has 2 aromatic rings. The number of alkyl halides is 3. The fourth-order valence-electron chi connectivity index (χ4n) is 3.68. The predicted molar refractivity (Wildman–Crippen MR) is 125 cm³/mol. The van der Waals surface area contributed by atoms with Gasteiger partial charge in [0.1, 0.15) is 0 Å². The van der Waals surface area contributed by atoms with E-state index in [1.165, 1.54) is 12.1 Å². The molecule has 2 aromatic carbocycles. The second-order valence-corrected chi connectivity index (χ2v) is 10.0. The standard InChI is InChI=1S/C24H26F3N3O4S/c1-2-35(33,34)29-15-19-11-12-30(16-19)23(32)20-7-3-17(4-8-20)13-22(31)28-14-18-5-9-21(10-6-18)24(25,26)27/h2-10,19,29H,1,11-16H2,(H,28,31). The van der Waals surface area contributed by atoms with Gasteiger partial charge in [0, 0.05) is 37.2 Å². The Kier molecular flexibility index (Phi) is 8.34. The van der Waals surface area contributed by atoms with Crippen molar-refractivity contribution in [3.05, 3.63) is 82.8 Å². The zero-order valence-corrected chi connectivity index (χ0v) is 19.7. The summed E-state index contributed by atoms with van der Waals surface area (Å²) in [6.07, 6.45) is -3.66. The average Bonchev–Trinajstić information content (AvgIpc) is 3.30. The Hall–Kier alpha value is -3.18. The molecule has 35 heavy (non-hydrogen) atoms. The Morgan fingerprint density at radius 1 is 1.06 bits per heavy atom. The van der Waals surface area contributed by atoms with Gasteiger partial charge in [0.05, 0.1) is 12.0 Å². The second kappa shape index (κ2) is 11.0. The van der Waals surface area contributed by atoms with E-state index in [0.717, 1.165) is 17.5 Å². The third kappa shape index (κ3) is 7.66. The van der Waals surface area contributed by atoms with E-state index in [1.807, 2.05) is 0 Å². The van der Waals surface area contributed by atoms with E-state index in [9.17, 15) is 31.2 Å². The first-order valence-corrected chi connectivity index (χ1v) is 12.4. The van der Waals surface area contributed by atoms with Crippen molar-refractivity contribution >= 4 is 21.8 Å². The molecule has 1 saturated heterocycles. The molecule has 0 spiro atoms. The maximum Gasteiger partial charge on any atom is 0.416 e. The number of halogens is 3. The number of sulfonamides is 1. The zero-order valence-electron chi connectivity index (χ0n) is 18.8. The van der Waals surface area contributed by atoms with E-state index in [0.29, 0.717) is 36.2 Å². The lowest BCUT2D eigenvalue weighted by atomic mass is 10.1. The third-order valence-corrected chi connectivity index (χ3v) is 6.71. The first kappa shape index (κ1) is 26.4. The molecule has 0 saturated carbocycles. The van der Waals surface area contributed by atoms with Crippen molar-refractivity contribution in [1.82, 2.24) is 14.9 Å². The minimum Gasteiger partial charge on any atom is -0.352 e. The lowest BCUT2D eigenvalue weighted by molar-refractivity contribution is -0.137. The Balaban J connectivity index is 1.46. The SMILES string of the molecule is C=CS(=O)(=O)NCC1CCN(C(=O)c2ccc(CC(=O)NCc3ccc(C(F)(F)F)cc3)cc2)C1. The highest BCUT2D eigenvalue weighted by Gasteiger charge is 2.30. The Bertz CT molecular complexity index is 1160. The van der Waals surface area contributed by atoms with Crippen molar-refractivity contribution < 1.29 is 31.2 Å². The predicted octanol–water partition coefficient (Wildman–Crippen LogP) is 3.09. The van der Waals surface area contributed by atoms with Gasteiger partial charge in [-0.2, -0.15) is 13.2 Å². The summed E-state index contributed by atoms with van der Waals surface area (Å²) in [5.74, 6) is -0.452. The number of benzene rings is 2.